The minimum atomic E-state index is -0.882. The third-order valence-electron chi connectivity index (χ3n) is 2.17. The second-order valence-corrected chi connectivity index (χ2v) is 5.21. The van der Waals surface area contributed by atoms with Crippen molar-refractivity contribution in [2.24, 2.45) is 0 Å². The molecule has 112 valence electrons. The highest BCUT2D eigenvalue weighted by molar-refractivity contribution is 7.11. The molecule has 1 atom stereocenters. The minimum Gasteiger partial charge on any atom is -0.467 e. The van der Waals surface area contributed by atoms with Crippen LogP contribution in [-0.2, 0) is 6.54 Å². The molecule has 1 heterocycles. The molecule has 20 heavy (non-hydrogen) atoms. The molecule has 1 unspecified atom stereocenters. The number of hydrogen-bond acceptors (Lipinski definition) is 8. The van der Waals surface area contributed by atoms with Crippen LogP contribution in [0.25, 0.3) is 0 Å². The van der Waals surface area contributed by atoms with Gasteiger partial charge >= 0.3 is 5.82 Å². The van der Waals surface area contributed by atoms with Gasteiger partial charge in [0, 0.05) is 11.9 Å². The van der Waals surface area contributed by atoms with Crippen LogP contribution >= 0.6 is 11.3 Å². The second-order valence-electron chi connectivity index (χ2n) is 4.39. The van der Waals surface area contributed by atoms with Gasteiger partial charge in [-0.05, 0) is 25.6 Å². The van der Waals surface area contributed by atoms with Crippen molar-refractivity contribution in [1.29, 1.82) is 0 Å². The van der Waals surface area contributed by atoms with Crippen LogP contribution in [0.2, 0.25) is 0 Å². The molecule has 0 bridgehead atoms. The topological polar surface area (TPSA) is 101 Å². The van der Waals surface area contributed by atoms with Crippen molar-refractivity contribution in [1.82, 2.24) is 15.2 Å². The number of nitrogens with zero attached hydrogens (tertiary/aromatic N) is 3. The van der Waals surface area contributed by atoms with Crippen molar-refractivity contribution >= 4 is 11.3 Å². The average molecular weight is 302 g/mol. The van der Waals surface area contributed by atoms with Crippen molar-refractivity contribution in [3.05, 3.63) is 33.6 Å². The third kappa shape index (κ3) is 5.95. The Balaban J connectivity index is 2.30. The molecule has 0 spiro atoms. The van der Waals surface area contributed by atoms with E-state index in [2.05, 4.69) is 16.9 Å². The number of hydrogen-bond donors (Lipinski definition) is 2. The third-order valence-corrected chi connectivity index (χ3v) is 2.97. The highest BCUT2D eigenvalue weighted by Gasteiger charge is 2.12. The smallest absolute Gasteiger partial charge is 0.309 e. The van der Waals surface area contributed by atoms with E-state index in [1.54, 1.807) is 0 Å². The first kappa shape index (κ1) is 16.3. The molecular weight excluding hydrogens is 284 g/mol. The summed E-state index contributed by atoms with van der Waals surface area (Å²) in [5.74, 6) is -0.355. The van der Waals surface area contributed by atoms with Crippen molar-refractivity contribution in [2.75, 3.05) is 27.2 Å². The zero-order valence-corrected chi connectivity index (χ0v) is 12.2. The van der Waals surface area contributed by atoms with E-state index in [0.717, 1.165) is 5.69 Å². The Morgan fingerprint density at radius 3 is 3.05 bits per heavy atom. The molecule has 0 aliphatic carbocycles. The summed E-state index contributed by atoms with van der Waals surface area (Å²) in [7, 11) is 3.88. The van der Waals surface area contributed by atoms with Crippen LogP contribution < -0.4 is 10.1 Å². The summed E-state index contributed by atoms with van der Waals surface area (Å²) in [5.41, 5.74) is 0.893. The summed E-state index contributed by atoms with van der Waals surface area (Å²) in [6.45, 7) is 3.92. The predicted molar refractivity (Wildman–Crippen MR) is 75.1 cm³/mol. The van der Waals surface area contributed by atoms with Crippen molar-refractivity contribution in [2.45, 2.75) is 12.6 Å². The second kappa shape index (κ2) is 7.78. The highest BCUT2D eigenvalue weighted by Crippen LogP contribution is 2.18. The molecule has 0 aliphatic heterocycles. The number of nitrogens with one attached hydrogen (secondary N) is 1. The maximum absolute atomic E-state index is 10.3. The number of aromatic nitrogens is 1. The molecule has 0 fully saturated rings. The number of aliphatic hydroxyl groups excluding tert-OH is 1. The highest BCUT2D eigenvalue weighted by atomic mass is 32.1. The van der Waals surface area contributed by atoms with Gasteiger partial charge in [0.1, 0.15) is 19.3 Å². The van der Waals surface area contributed by atoms with E-state index >= 15 is 0 Å². The zero-order valence-electron chi connectivity index (χ0n) is 11.4. The van der Waals surface area contributed by atoms with E-state index in [-0.39, 0.29) is 19.0 Å². The first-order chi connectivity index (χ1) is 9.38. The Morgan fingerprint density at radius 2 is 2.45 bits per heavy atom. The Hall–Kier alpha value is -1.71. The first-order valence-electron chi connectivity index (χ1n) is 5.85. The van der Waals surface area contributed by atoms with Crippen LogP contribution in [0, 0.1) is 10.1 Å². The van der Waals surface area contributed by atoms with Crippen LogP contribution in [0.1, 0.15) is 5.69 Å². The first-order valence-corrected chi connectivity index (χ1v) is 6.73. The van der Waals surface area contributed by atoms with Crippen molar-refractivity contribution in [3.63, 3.8) is 0 Å². The van der Waals surface area contributed by atoms with Gasteiger partial charge in [-0.1, -0.05) is 11.3 Å². The molecule has 0 aromatic carbocycles. The number of thiazole rings is 1. The van der Waals surface area contributed by atoms with E-state index in [1.165, 1.54) is 11.3 Å². The van der Waals surface area contributed by atoms with Gasteiger partial charge in [0.15, 0.2) is 0 Å². The van der Waals surface area contributed by atoms with E-state index in [9.17, 15) is 15.2 Å². The fourth-order valence-corrected chi connectivity index (χ4v) is 1.95. The van der Waals surface area contributed by atoms with E-state index in [1.807, 2.05) is 24.4 Å². The van der Waals surface area contributed by atoms with Gasteiger partial charge < -0.3 is 24.9 Å². The zero-order chi connectivity index (χ0) is 15.1. The van der Waals surface area contributed by atoms with Crippen LogP contribution in [0.4, 0.5) is 0 Å². The lowest BCUT2D eigenvalue weighted by molar-refractivity contribution is -0.431. The molecule has 0 aliphatic rings. The Bertz CT molecular complexity index is 463. The lowest BCUT2D eigenvalue weighted by Crippen LogP contribution is -2.32. The number of nitro groups is 1. The van der Waals surface area contributed by atoms with Gasteiger partial charge in [-0.3, -0.25) is 5.32 Å². The summed E-state index contributed by atoms with van der Waals surface area (Å²) < 4.78 is 5.32. The summed E-state index contributed by atoms with van der Waals surface area (Å²) >= 11 is 1.35. The Kier molecular flexibility index (Phi) is 6.36. The van der Waals surface area contributed by atoms with Crippen LogP contribution in [0.3, 0.4) is 0 Å². The fourth-order valence-electron chi connectivity index (χ4n) is 1.28. The number of aliphatic hydroxyl groups is 1. The molecule has 1 aromatic rings. The van der Waals surface area contributed by atoms with E-state index < -0.39 is 11.0 Å². The normalized spacial score (nSPS) is 12.2. The van der Waals surface area contributed by atoms with Crippen molar-refractivity contribution < 1.29 is 14.8 Å². The number of ether oxygens (including phenoxy) is 1. The Labute approximate surface area is 120 Å². The average Bonchev–Trinajstić information content (AvgIpc) is 2.79. The lowest BCUT2D eigenvalue weighted by Gasteiger charge is -2.09. The van der Waals surface area contributed by atoms with E-state index in [4.69, 9.17) is 4.74 Å². The Morgan fingerprint density at radius 1 is 1.75 bits per heavy atom. The standard InChI is InChI=1S/C11H18N4O4S/c1-8(15(17)18)12-4-10(16)6-19-11-13-9(7-20-11)5-14(2)3/h7,10,12,16H,1,4-6H2,2-3H3. The van der Waals surface area contributed by atoms with Gasteiger partial charge in [0.25, 0.3) is 5.19 Å². The molecule has 0 amide bonds. The molecule has 8 nitrogen and oxygen atoms in total. The minimum absolute atomic E-state index is 0.00422. The van der Waals surface area contributed by atoms with Crippen molar-refractivity contribution in [3.8, 4) is 5.19 Å². The number of rotatable bonds is 9. The van der Waals surface area contributed by atoms with Gasteiger partial charge in [-0.2, -0.15) is 0 Å². The van der Waals surface area contributed by atoms with Crippen LogP contribution in [0.5, 0.6) is 5.19 Å². The van der Waals surface area contributed by atoms with Gasteiger partial charge in [0.05, 0.1) is 5.69 Å². The lowest BCUT2D eigenvalue weighted by atomic mass is 10.4. The van der Waals surface area contributed by atoms with Gasteiger partial charge in [-0.25, -0.2) is 4.98 Å². The molecule has 0 saturated carbocycles. The van der Waals surface area contributed by atoms with E-state index in [0.29, 0.717) is 11.7 Å². The molecule has 1 rings (SSSR count). The van der Waals surface area contributed by atoms with Gasteiger partial charge in [-0.15, -0.1) is 0 Å². The molecule has 1 aromatic heterocycles. The largest absolute Gasteiger partial charge is 0.467 e. The molecule has 0 saturated heterocycles. The summed E-state index contributed by atoms with van der Waals surface area (Å²) in [6, 6.07) is 0. The van der Waals surface area contributed by atoms with Crippen LogP contribution in [0.15, 0.2) is 17.8 Å². The fraction of sp³-hybridized carbons (Fsp3) is 0.545. The molecular formula is C11H18N4O4S. The summed E-state index contributed by atoms with van der Waals surface area (Å²) in [5, 5.41) is 24.7. The maximum atomic E-state index is 10.3. The van der Waals surface area contributed by atoms with Gasteiger partial charge in [0.2, 0.25) is 0 Å². The quantitative estimate of drug-likeness (QED) is 0.499. The van der Waals surface area contributed by atoms with Crippen LogP contribution in [-0.4, -0.2) is 53.3 Å². The predicted octanol–water partition coefficient (Wildman–Crippen LogP) is 0.282. The summed E-state index contributed by atoms with van der Waals surface area (Å²) in [6.07, 6.45) is -0.882. The molecule has 0 radical (unpaired) electrons. The SMILES string of the molecule is C=C(NCC(O)COc1nc(CN(C)C)cs1)[N+](=O)[O-]. The maximum Gasteiger partial charge on any atom is 0.309 e. The monoisotopic (exact) mass is 302 g/mol. The molecule has 2 N–H and O–H groups in total. The molecule has 9 heteroatoms. The summed E-state index contributed by atoms with van der Waals surface area (Å²) in [4.78, 5) is 15.9.